The normalized spacial score (nSPS) is 16.4. The first-order valence-electron chi connectivity index (χ1n) is 10.9. The fraction of sp³-hybridized carbons (Fsp3) is 0.214. The van der Waals surface area contributed by atoms with Crippen LogP contribution >= 0.6 is 7.92 Å². The zero-order valence-corrected chi connectivity index (χ0v) is 20.6. The summed E-state index contributed by atoms with van der Waals surface area (Å²) < 4.78 is 3.28. The molecular weight excluding hydrogens is 484 g/mol. The first kappa shape index (κ1) is 23.8. The summed E-state index contributed by atoms with van der Waals surface area (Å²) in [7, 11) is -0.557. The second-order valence-electron chi connectivity index (χ2n) is 7.48. The molecule has 0 fully saturated rings. The Bertz CT molecular complexity index is 888. The number of benzene rings is 3. The molecule has 3 aromatic carbocycles. The van der Waals surface area contributed by atoms with Gasteiger partial charge in [-0.2, -0.15) is 0 Å². The molecule has 3 aromatic rings. The van der Waals surface area contributed by atoms with Crippen molar-refractivity contribution in [2.75, 3.05) is 0 Å². The zero-order chi connectivity index (χ0) is 21.7. The molecule has 0 radical (unpaired) electrons. The van der Waals surface area contributed by atoms with E-state index in [9.17, 15) is 0 Å². The third-order valence-corrected chi connectivity index (χ3v) is 8.38. The van der Waals surface area contributed by atoms with E-state index in [0.29, 0.717) is 0 Å². The Balaban J connectivity index is 0.000000287. The summed E-state index contributed by atoms with van der Waals surface area (Å²) in [5, 5.41) is 4.18. The summed E-state index contributed by atoms with van der Waals surface area (Å²) >= 11 is 2.83. The van der Waals surface area contributed by atoms with Gasteiger partial charge >= 0.3 is 150 Å². The molecule has 31 heavy (non-hydrogen) atoms. The fourth-order valence-electron chi connectivity index (χ4n) is 3.55. The summed E-state index contributed by atoms with van der Waals surface area (Å²) in [6.07, 6.45) is 14.0. The van der Waals surface area contributed by atoms with E-state index in [1.54, 1.807) is 0 Å². The van der Waals surface area contributed by atoms with Gasteiger partial charge in [-0.25, -0.2) is 0 Å². The van der Waals surface area contributed by atoms with Crippen LogP contribution in [0.3, 0.4) is 0 Å². The Labute approximate surface area is 199 Å². The fourth-order valence-corrected chi connectivity index (χ4v) is 6.36. The van der Waals surface area contributed by atoms with Gasteiger partial charge in [0.2, 0.25) is 0 Å². The molecule has 0 saturated heterocycles. The SMILES string of the molecule is C1=C\CC/C=C\CC/1.C[C@@H]([NH][Rh])c1ccccc1P(c1ccccc1)c1ccccc1. The summed E-state index contributed by atoms with van der Waals surface area (Å²) in [4.78, 5) is 0. The van der Waals surface area contributed by atoms with Crippen molar-refractivity contribution in [3.63, 3.8) is 0 Å². The quantitative estimate of drug-likeness (QED) is 0.241. The van der Waals surface area contributed by atoms with E-state index in [4.69, 9.17) is 0 Å². The van der Waals surface area contributed by atoms with Crippen LogP contribution in [0, 0.1) is 0 Å². The van der Waals surface area contributed by atoms with Gasteiger partial charge < -0.3 is 0 Å². The van der Waals surface area contributed by atoms with E-state index in [1.807, 2.05) is 0 Å². The van der Waals surface area contributed by atoms with Gasteiger partial charge in [-0.3, -0.25) is 0 Å². The molecule has 0 aliphatic heterocycles. The first-order chi connectivity index (χ1) is 15.3. The number of hydrogen-bond donors (Lipinski definition) is 1. The molecule has 1 aliphatic rings. The molecule has 1 N–H and O–H groups in total. The summed E-state index contributed by atoms with van der Waals surface area (Å²) in [6, 6.07) is 30.7. The van der Waals surface area contributed by atoms with E-state index < -0.39 is 7.92 Å². The Morgan fingerprint density at radius 3 is 1.52 bits per heavy atom. The molecule has 3 heteroatoms. The Morgan fingerprint density at radius 2 is 1.06 bits per heavy atom. The van der Waals surface area contributed by atoms with Gasteiger partial charge in [-0.15, -0.1) is 0 Å². The Hall–Kier alpha value is -1.85. The van der Waals surface area contributed by atoms with Gasteiger partial charge in [-0.1, -0.05) is 24.3 Å². The van der Waals surface area contributed by atoms with Gasteiger partial charge in [0.05, 0.1) is 0 Å². The van der Waals surface area contributed by atoms with Crippen LogP contribution in [-0.4, -0.2) is 0 Å². The predicted octanol–water partition coefficient (Wildman–Crippen LogP) is 6.23. The zero-order valence-electron chi connectivity index (χ0n) is 18.1. The van der Waals surface area contributed by atoms with Crippen LogP contribution in [0.25, 0.3) is 0 Å². The number of rotatable bonds is 5. The molecule has 162 valence electrons. The molecule has 0 bridgehead atoms. The maximum atomic E-state index is 3.28. The second-order valence-corrected chi connectivity index (χ2v) is 10.1. The molecule has 1 aliphatic carbocycles. The number of nitrogens with one attached hydrogen (secondary N) is 1. The van der Waals surface area contributed by atoms with Crippen molar-refractivity contribution in [3.8, 4) is 0 Å². The average molecular weight is 515 g/mol. The molecule has 0 aromatic heterocycles. The molecular formula is C28H31NPRh. The predicted molar refractivity (Wildman–Crippen MR) is 133 cm³/mol. The van der Waals surface area contributed by atoms with Crippen molar-refractivity contribution >= 4 is 23.8 Å². The van der Waals surface area contributed by atoms with E-state index in [2.05, 4.69) is 139 Å². The van der Waals surface area contributed by atoms with Crippen molar-refractivity contribution < 1.29 is 18.5 Å². The van der Waals surface area contributed by atoms with Crippen molar-refractivity contribution in [1.29, 1.82) is 0 Å². The molecule has 0 saturated carbocycles. The van der Waals surface area contributed by atoms with Crippen molar-refractivity contribution in [2.24, 2.45) is 0 Å². The minimum absolute atomic E-state index is 0.288. The van der Waals surface area contributed by atoms with E-state index in [0.717, 1.165) is 0 Å². The monoisotopic (exact) mass is 515 g/mol. The van der Waals surface area contributed by atoms with Crippen LogP contribution in [0.2, 0.25) is 0 Å². The first-order valence-corrected chi connectivity index (χ1v) is 13.1. The van der Waals surface area contributed by atoms with Gasteiger partial charge in [0, 0.05) is 0 Å². The van der Waals surface area contributed by atoms with E-state index in [-0.39, 0.29) is 6.04 Å². The Morgan fingerprint density at radius 1 is 0.645 bits per heavy atom. The summed E-state index contributed by atoms with van der Waals surface area (Å²) in [5.74, 6) is 0. The molecule has 4 rings (SSSR count). The van der Waals surface area contributed by atoms with Crippen LogP contribution in [0.5, 0.6) is 0 Å². The molecule has 0 amide bonds. The van der Waals surface area contributed by atoms with Crippen molar-refractivity contribution in [1.82, 2.24) is 4.06 Å². The topological polar surface area (TPSA) is 12.0 Å². The number of hydrogen-bond acceptors (Lipinski definition) is 1. The molecule has 1 atom stereocenters. The van der Waals surface area contributed by atoms with Gasteiger partial charge in [-0.05, 0) is 25.7 Å². The molecule has 0 heterocycles. The van der Waals surface area contributed by atoms with Crippen LogP contribution < -0.4 is 20.0 Å². The third-order valence-electron chi connectivity index (χ3n) is 5.15. The van der Waals surface area contributed by atoms with Gasteiger partial charge in [0.1, 0.15) is 0 Å². The van der Waals surface area contributed by atoms with E-state index >= 15 is 0 Å². The second kappa shape index (κ2) is 13.5. The van der Waals surface area contributed by atoms with Crippen molar-refractivity contribution in [3.05, 3.63) is 115 Å². The standard InChI is InChI=1S/C20H19NP.C8H12.Rh/c1-16(21)19-14-8-9-15-20(19)22(17-10-4-2-5-11-17)18-12-6-3-7-13-18;1-2-4-6-8-7-5-3-1;/h2-16,21H,1H3;1-2,7-8H,3-6H2;/q-1;;+1/b;2-1-,8-7-;/t16-;;/m1../s1. The van der Waals surface area contributed by atoms with Gasteiger partial charge in [0.25, 0.3) is 0 Å². The van der Waals surface area contributed by atoms with Gasteiger partial charge in [0.15, 0.2) is 0 Å². The van der Waals surface area contributed by atoms with Crippen LogP contribution in [0.4, 0.5) is 0 Å². The number of allylic oxidation sites excluding steroid dienone is 4. The van der Waals surface area contributed by atoms with Crippen LogP contribution in [-0.2, 0) is 18.5 Å². The average Bonchev–Trinajstić information content (AvgIpc) is 2.81. The Kier molecular flexibility index (Phi) is 10.4. The summed E-state index contributed by atoms with van der Waals surface area (Å²) in [6.45, 7) is 2.20. The van der Waals surface area contributed by atoms with E-state index in [1.165, 1.54) is 47.2 Å². The minimum atomic E-state index is -0.557. The molecule has 0 spiro atoms. The van der Waals surface area contributed by atoms with Crippen LogP contribution in [0.15, 0.2) is 109 Å². The molecule has 1 nitrogen and oxygen atoms in total. The van der Waals surface area contributed by atoms with Crippen LogP contribution in [0.1, 0.15) is 44.2 Å². The maximum absolute atomic E-state index is 3.28. The van der Waals surface area contributed by atoms with Crippen molar-refractivity contribution in [2.45, 2.75) is 38.6 Å². The summed E-state index contributed by atoms with van der Waals surface area (Å²) in [5.41, 5.74) is 1.36. The molecule has 0 unspecified atom stereocenters. The third kappa shape index (κ3) is 7.36.